The van der Waals surface area contributed by atoms with Crippen molar-refractivity contribution >= 4 is 29.3 Å². The van der Waals surface area contributed by atoms with Crippen LogP contribution >= 0.6 is 23.4 Å². The number of nitrogens with zero attached hydrogens (tertiary/aromatic N) is 3. The molecule has 152 valence electrons. The molecule has 0 bridgehead atoms. The standard InChI is InChI=1S/C21H23ClN4O2S/c1-3-26-19(13-28-18-10-4-15(2)5-11-18)24-25-21(26)29-14-20(27)23-12-16-6-8-17(22)9-7-16/h4-11H,3,12-14H2,1-2H3,(H,23,27). The summed E-state index contributed by atoms with van der Waals surface area (Å²) in [5.74, 6) is 1.73. The molecule has 0 spiro atoms. The smallest absolute Gasteiger partial charge is 0.230 e. The number of carbonyl (C=O) groups is 1. The van der Waals surface area contributed by atoms with Crippen molar-refractivity contribution in [3.8, 4) is 5.75 Å². The molecule has 0 atom stereocenters. The van der Waals surface area contributed by atoms with Gasteiger partial charge in [0.25, 0.3) is 0 Å². The Bertz CT molecular complexity index is 942. The van der Waals surface area contributed by atoms with Gasteiger partial charge in [0.2, 0.25) is 5.91 Å². The lowest BCUT2D eigenvalue weighted by molar-refractivity contribution is -0.118. The SMILES string of the molecule is CCn1c(COc2ccc(C)cc2)nnc1SCC(=O)NCc1ccc(Cl)cc1. The Morgan fingerprint density at radius 1 is 1.14 bits per heavy atom. The van der Waals surface area contributed by atoms with Gasteiger partial charge >= 0.3 is 0 Å². The summed E-state index contributed by atoms with van der Waals surface area (Å²) in [6.07, 6.45) is 0. The van der Waals surface area contributed by atoms with Crippen LogP contribution in [0.5, 0.6) is 5.75 Å². The van der Waals surface area contributed by atoms with E-state index in [2.05, 4.69) is 15.5 Å². The number of halogens is 1. The molecule has 1 amide bonds. The van der Waals surface area contributed by atoms with Crippen LogP contribution in [-0.2, 0) is 24.5 Å². The van der Waals surface area contributed by atoms with Crippen molar-refractivity contribution in [1.82, 2.24) is 20.1 Å². The van der Waals surface area contributed by atoms with E-state index in [4.69, 9.17) is 16.3 Å². The third-order valence-corrected chi connectivity index (χ3v) is 5.45. The van der Waals surface area contributed by atoms with Gasteiger partial charge in [-0.15, -0.1) is 10.2 Å². The molecule has 29 heavy (non-hydrogen) atoms. The first kappa shape index (κ1) is 21.2. The molecule has 0 aliphatic carbocycles. The summed E-state index contributed by atoms with van der Waals surface area (Å²) in [6, 6.07) is 15.3. The van der Waals surface area contributed by atoms with Crippen molar-refractivity contribution in [2.45, 2.75) is 38.7 Å². The van der Waals surface area contributed by atoms with E-state index in [1.54, 1.807) is 0 Å². The Morgan fingerprint density at radius 3 is 2.55 bits per heavy atom. The monoisotopic (exact) mass is 430 g/mol. The van der Waals surface area contributed by atoms with E-state index < -0.39 is 0 Å². The third kappa shape index (κ3) is 6.24. The molecule has 0 aliphatic rings. The predicted octanol–water partition coefficient (Wildman–Crippen LogP) is 4.25. The highest BCUT2D eigenvalue weighted by molar-refractivity contribution is 7.99. The third-order valence-electron chi connectivity index (χ3n) is 4.23. The zero-order chi connectivity index (χ0) is 20.6. The first-order valence-corrected chi connectivity index (χ1v) is 10.7. The van der Waals surface area contributed by atoms with E-state index in [-0.39, 0.29) is 11.7 Å². The number of thioether (sulfide) groups is 1. The van der Waals surface area contributed by atoms with E-state index in [1.165, 1.54) is 17.3 Å². The highest BCUT2D eigenvalue weighted by atomic mass is 35.5. The van der Waals surface area contributed by atoms with E-state index in [9.17, 15) is 4.79 Å². The van der Waals surface area contributed by atoms with Crippen LogP contribution in [0.25, 0.3) is 0 Å². The van der Waals surface area contributed by atoms with Crippen molar-refractivity contribution in [1.29, 1.82) is 0 Å². The highest BCUT2D eigenvalue weighted by Gasteiger charge is 2.13. The Morgan fingerprint density at radius 2 is 1.86 bits per heavy atom. The van der Waals surface area contributed by atoms with Gasteiger partial charge in [0, 0.05) is 18.1 Å². The van der Waals surface area contributed by atoms with Gasteiger partial charge in [0.05, 0.1) is 5.75 Å². The lowest BCUT2D eigenvalue weighted by atomic mass is 10.2. The number of aryl methyl sites for hydroxylation is 1. The molecule has 3 rings (SSSR count). The van der Waals surface area contributed by atoms with Gasteiger partial charge < -0.3 is 14.6 Å². The van der Waals surface area contributed by atoms with Crippen molar-refractivity contribution in [3.63, 3.8) is 0 Å². The van der Waals surface area contributed by atoms with Crippen LogP contribution in [0, 0.1) is 6.92 Å². The van der Waals surface area contributed by atoms with Gasteiger partial charge in [-0.2, -0.15) is 0 Å². The normalized spacial score (nSPS) is 10.7. The molecule has 6 nitrogen and oxygen atoms in total. The lowest BCUT2D eigenvalue weighted by Gasteiger charge is -2.09. The van der Waals surface area contributed by atoms with Crippen LogP contribution in [0.2, 0.25) is 5.02 Å². The number of benzene rings is 2. The summed E-state index contributed by atoms with van der Waals surface area (Å²) < 4.78 is 7.77. The quantitative estimate of drug-likeness (QED) is 0.514. The van der Waals surface area contributed by atoms with Gasteiger partial charge in [-0.25, -0.2) is 0 Å². The molecule has 0 saturated carbocycles. The van der Waals surface area contributed by atoms with Crippen LogP contribution in [0.3, 0.4) is 0 Å². The zero-order valence-electron chi connectivity index (χ0n) is 16.4. The van der Waals surface area contributed by atoms with Crippen LogP contribution < -0.4 is 10.1 Å². The van der Waals surface area contributed by atoms with Crippen molar-refractivity contribution in [2.75, 3.05) is 5.75 Å². The highest BCUT2D eigenvalue weighted by Crippen LogP contribution is 2.19. The molecule has 1 heterocycles. The second-order valence-electron chi connectivity index (χ2n) is 6.44. The van der Waals surface area contributed by atoms with Gasteiger partial charge in [-0.1, -0.05) is 53.2 Å². The number of aromatic nitrogens is 3. The first-order valence-electron chi connectivity index (χ1n) is 9.30. The predicted molar refractivity (Wildman–Crippen MR) is 115 cm³/mol. The molecule has 1 aromatic heterocycles. The van der Waals surface area contributed by atoms with E-state index >= 15 is 0 Å². The second kappa shape index (κ2) is 10.3. The fourth-order valence-electron chi connectivity index (χ4n) is 2.62. The molecule has 0 unspecified atom stereocenters. The number of carbonyl (C=O) groups excluding carboxylic acids is 1. The number of nitrogens with one attached hydrogen (secondary N) is 1. The molecular formula is C21H23ClN4O2S. The van der Waals surface area contributed by atoms with Crippen LogP contribution in [0.1, 0.15) is 23.9 Å². The Kier molecular flexibility index (Phi) is 7.55. The number of rotatable bonds is 9. The average molecular weight is 431 g/mol. The summed E-state index contributed by atoms with van der Waals surface area (Å²) in [4.78, 5) is 12.2. The largest absolute Gasteiger partial charge is 0.486 e. The minimum absolute atomic E-state index is 0.0620. The molecule has 0 fully saturated rings. The maximum Gasteiger partial charge on any atom is 0.230 e. The molecule has 0 saturated heterocycles. The summed E-state index contributed by atoms with van der Waals surface area (Å²) in [5, 5.41) is 12.7. The van der Waals surface area contributed by atoms with E-state index in [1.807, 2.05) is 66.9 Å². The number of ether oxygens (including phenoxy) is 1. The van der Waals surface area contributed by atoms with Gasteiger partial charge in [-0.3, -0.25) is 4.79 Å². The van der Waals surface area contributed by atoms with Gasteiger partial charge in [0.1, 0.15) is 12.4 Å². The topological polar surface area (TPSA) is 69.0 Å². The fourth-order valence-corrected chi connectivity index (χ4v) is 3.59. The molecule has 1 N–H and O–H groups in total. The summed E-state index contributed by atoms with van der Waals surface area (Å²) in [7, 11) is 0. The van der Waals surface area contributed by atoms with Crippen LogP contribution in [0.4, 0.5) is 0 Å². The number of hydrogen-bond donors (Lipinski definition) is 1. The molecule has 0 radical (unpaired) electrons. The summed E-state index contributed by atoms with van der Waals surface area (Å²) in [6.45, 7) is 5.55. The molecule has 2 aromatic carbocycles. The molecule has 0 aliphatic heterocycles. The van der Waals surface area contributed by atoms with Crippen LogP contribution in [0.15, 0.2) is 53.7 Å². The maximum atomic E-state index is 12.2. The zero-order valence-corrected chi connectivity index (χ0v) is 18.0. The van der Waals surface area contributed by atoms with Gasteiger partial charge in [-0.05, 0) is 43.7 Å². The summed E-state index contributed by atoms with van der Waals surface area (Å²) in [5.41, 5.74) is 2.18. The minimum atomic E-state index is -0.0620. The first-order chi connectivity index (χ1) is 14.0. The maximum absolute atomic E-state index is 12.2. The van der Waals surface area contributed by atoms with E-state index in [0.29, 0.717) is 29.9 Å². The van der Waals surface area contributed by atoms with E-state index in [0.717, 1.165) is 17.1 Å². The van der Waals surface area contributed by atoms with Crippen molar-refractivity contribution < 1.29 is 9.53 Å². The Balaban J connectivity index is 1.50. The van der Waals surface area contributed by atoms with Crippen molar-refractivity contribution in [3.05, 3.63) is 70.5 Å². The number of hydrogen-bond acceptors (Lipinski definition) is 5. The number of amides is 1. The Labute approximate surface area is 179 Å². The average Bonchev–Trinajstić information content (AvgIpc) is 3.13. The molecule has 8 heteroatoms. The second-order valence-corrected chi connectivity index (χ2v) is 7.82. The summed E-state index contributed by atoms with van der Waals surface area (Å²) >= 11 is 7.23. The van der Waals surface area contributed by atoms with Gasteiger partial charge in [0.15, 0.2) is 11.0 Å². The van der Waals surface area contributed by atoms with Crippen molar-refractivity contribution in [2.24, 2.45) is 0 Å². The molecular weight excluding hydrogens is 408 g/mol. The van der Waals surface area contributed by atoms with Crippen LogP contribution in [-0.4, -0.2) is 26.4 Å². The molecule has 3 aromatic rings. The Hall–Kier alpha value is -2.51. The fraction of sp³-hybridized carbons (Fsp3) is 0.286. The minimum Gasteiger partial charge on any atom is -0.486 e. The lowest BCUT2D eigenvalue weighted by Crippen LogP contribution is -2.24.